The standard InChI is InChI=1S/C30H28ClFN6O4/c31-20-3-10-26(33)24(16-20)19-11-12-38(30(40)42-23-8-4-21(32)5-9-23)27(15-19)18-1-6-22(7-2-18)41-14-13-37-17-25(29(35)39)28(34)36-37/h1-10,15-17,27H,11-14,33H2,(H2,34,36)(H2,35,39). The van der Waals surface area contributed by atoms with Crippen LogP contribution in [0.4, 0.5) is 20.7 Å². The Morgan fingerprint density at radius 2 is 1.74 bits per heavy atom. The number of nitrogen functional groups attached to an aromatic ring is 2. The van der Waals surface area contributed by atoms with Gasteiger partial charge in [-0.15, -0.1) is 0 Å². The second kappa shape index (κ2) is 12.2. The van der Waals surface area contributed by atoms with Gasteiger partial charge in [-0.25, -0.2) is 9.18 Å². The van der Waals surface area contributed by atoms with Crippen molar-refractivity contribution in [1.29, 1.82) is 0 Å². The first kappa shape index (κ1) is 28.5. The van der Waals surface area contributed by atoms with Crippen molar-refractivity contribution in [3.8, 4) is 11.5 Å². The molecule has 1 atom stereocenters. The van der Waals surface area contributed by atoms with Gasteiger partial charge in [-0.2, -0.15) is 5.10 Å². The summed E-state index contributed by atoms with van der Waals surface area (Å²) < 4.78 is 26.3. The summed E-state index contributed by atoms with van der Waals surface area (Å²) in [6.45, 7) is 0.954. The summed E-state index contributed by atoms with van der Waals surface area (Å²) >= 11 is 6.25. The van der Waals surface area contributed by atoms with Gasteiger partial charge in [-0.1, -0.05) is 29.8 Å². The van der Waals surface area contributed by atoms with Crippen molar-refractivity contribution in [1.82, 2.24) is 14.7 Å². The van der Waals surface area contributed by atoms with Crippen LogP contribution in [0.25, 0.3) is 5.57 Å². The normalized spacial score (nSPS) is 14.8. The first-order valence-electron chi connectivity index (χ1n) is 13.0. The van der Waals surface area contributed by atoms with Crippen molar-refractivity contribution in [3.63, 3.8) is 0 Å². The lowest BCUT2D eigenvalue weighted by molar-refractivity contribution is 0.100. The van der Waals surface area contributed by atoms with Crippen molar-refractivity contribution in [2.45, 2.75) is 19.0 Å². The van der Waals surface area contributed by atoms with Gasteiger partial charge >= 0.3 is 6.09 Å². The van der Waals surface area contributed by atoms with Crippen molar-refractivity contribution in [3.05, 3.63) is 107 Å². The average molecular weight is 591 g/mol. The van der Waals surface area contributed by atoms with Crippen molar-refractivity contribution < 1.29 is 23.5 Å². The van der Waals surface area contributed by atoms with E-state index in [-0.39, 0.29) is 23.7 Å². The van der Waals surface area contributed by atoms with Crippen LogP contribution in [0.5, 0.6) is 11.5 Å². The molecular formula is C30H28ClFN6O4. The van der Waals surface area contributed by atoms with E-state index in [4.69, 9.17) is 38.3 Å². The fourth-order valence-electron chi connectivity index (χ4n) is 4.68. The Kier molecular flexibility index (Phi) is 8.30. The zero-order valence-electron chi connectivity index (χ0n) is 22.4. The number of aromatic nitrogens is 2. The number of carbonyl (C=O) groups is 2. The lowest BCUT2D eigenvalue weighted by Crippen LogP contribution is -2.39. The summed E-state index contributed by atoms with van der Waals surface area (Å²) in [6.07, 6.45) is 3.39. The summed E-state index contributed by atoms with van der Waals surface area (Å²) in [5, 5.41) is 4.62. The molecule has 216 valence electrons. The lowest BCUT2D eigenvalue weighted by Gasteiger charge is -2.34. The molecule has 6 N–H and O–H groups in total. The van der Waals surface area contributed by atoms with Gasteiger partial charge in [0.2, 0.25) is 0 Å². The molecule has 1 aromatic heterocycles. The summed E-state index contributed by atoms with van der Waals surface area (Å²) in [7, 11) is 0. The van der Waals surface area contributed by atoms with Gasteiger partial charge in [0.1, 0.15) is 29.5 Å². The molecule has 5 rings (SSSR count). The summed E-state index contributed by atoms with van der Waals surface area (Å²) in [5.74, 6) is -0.186. The Morgan fingerprint density at radius 3 is 2.43 bits per heavy atom. The molecule has 2 heterocycles. The maximum atomic E-state index is 13.4. The number of benzene rings is 3. The van der Waals surface area contributed by atoms with Gasteiger partial charge in [0.05, 0.1) is 12.6 Å². The van der Waals surface area contributed by atoms with Gasteiger partial charge in [0, 0.05) is 29.0 Å². The van der Waals surface area contributed by atoms with Gasteiger partial charge in [-0.05, 0) is 72.2 Å². The first-order valence-corrected chi connectivity index (χ1v) is 13.4. The fourth-order valence-corrected chi connectivity index (χ4v) is 4.85. The van der Waals surface area contributed by atoms with Gasteiger partial charge < -0.3 is 26.7 Å². The molecule has 0 fully saturated rings. The monoisotopic (exact) mass is 590 g/mol. The highest BCUT2D eigenvalue weighted by molar-refractivity contribution is 6.30. The van der Waals surface area contributed by atoms with Gasteiger partial charge in [0.25, 0.3) is 5.91 Å². The molecule has 0 spiro atoms. The van der Waals surface area contributed by atoms with E-state index in [9.17, 15) is 14.0 Å². The third-order valence-corrected chi connectivity index (χ3v) is 7.03. The van der Waals surface area contributed by atoms with Crippen molar-refractivity contribution >= 4 is 40.7 Å². The predicted molar refractivity (Wildman–Crippen MR) is 157 cm³/mol. The minimum absolute atomic E-state index is 0.0637. The number of nitrogens with two attached hydrogens (primary N) is 3. The molecule has 1 aliphatic heterocycles. The Bertz CT molecular complexity index is 1640. The molecule has 10 nitrogen and oxygen atoms in total. The number of hydrogen-bond acceptors (Lipinski definition) is 7. The highest BCUT2D eigenvalue weighted by atomic mass is 35.5. The molecule has 0 aliphatic carbocycles. The molecule has 42 heavy (non-hydrogen) atoms. The van der Waals surface area contributed by atoms with E-state index in [1.54, 1.807) is 29.2 Å². The molecular weight excluding hydrogens is 563 g/mol. The third-order valence-electron chi connectivity index (χ3n) is 6.80. The van der Waals surface area contributed by atoms with E-state index in [0.717, 1.165) is 16.7 Å². The zero-order chi connectivity index (χ0) is 29.8. The largest absolute Gasteiger partial charge is 0.492 e. The summed E-state index contributed by atoms with van der Waals surface area (Å²) in [4.78, 5) is 26.3. The number of amides is 2. The number of ether oxygens (including phenoxy) is 2. The SMILES string of the molecule is NC(=O)c1cn(CCOc2ccc(C3C=C(c4cc(Cl)ccc4N)CCN3C(=O)Oc3ccc(F)cc3)cc2)nc1N. The summed E-state index contributed by atoms with van der Waals surface area (Å²) in [6, 6.07) is 17.4. The van der Waals surface area contributed by atoms with Crippen LogP contribution >= 0.6 is 11.6 Å². The van der Waals surface area contributed by atoms with E-state index in [1.807, 2.05) is 24.3 Å². The maximum Gasteiger partial charge on any atom is 0.416 e. The molecule has 0 radical (unpaired) electrons. The number of primary amides is 1. The number of anilines is 2. The number of halogens is 2. The second-order valence-electron chi connectivity index (χ2n) is 9.61. The minimum Gasteiger partial charge on any atom is -0.492 e. The molecule has 2 amide bonds. The van der Waals surface area contributed by atoms with E-state index in [1.165, 1.54) is 35.1 Å². The number of hydrogen-bond donors (Lipinski definition) is 3. The molecule has 4 aromatic rings. The van der Waals surface area contributed by atoms with Gasteiger partial charge in [-0.3, -0.25) is 14.4 Å². The van der Waals surface area contributed by atoms with Crippen molar-refractivity contribution in [2.75, 3.05) is 24.6 Å². The van der Waals surface area contributed by atoms with Crippen LogP contribution in [-0.4, -0.2) is 39.8 Å². The van der Waals surface area contributed by atoms with Crippen LogP contribution in [0.1, 0.15) is 33.9 Å². The zero-order valence-corrected chi connectivity index (χ0v) is 23.1. The highest BCUT2D eigenvalue weighted by Crippen LogP contribution is 2.37. The second-order valence-corrected chi connectivity index (χ2v) is 10.0. The Hall–Kier alpha value is -5.03. The van der Waals surface area contributed by atoms with Crippen LogP contribution in [0, 0.1) is 5.82 Å². The molecule has 0 saturated heterocycles. The van der Waals surface area contributed by atoms with E-state index < -0.39 is 23.9 Å². The van der Waals surface area contributed by atoms with Gasteiger partial charge in [0.15, 0.2) is 5.82 Å². The van der Waals surface area contributed by atoms with Crippen LogP contribution in [0.15, 0.2) is 79.0 Å². The molecule has 0 bridgehead atoms. The number of carbonyl (C=O) groups excluding carboxylic acids is 2. The summed E-state index contributed by atoms with van der Waals surface area (Å²) in [5.41, 5.74) is 20.5. The smallest absolute Gasteiger partial charge is 0.416 e. The topological polar surface area (TPSA) is 152 Å². The third kappa shape index (κ3) is 6.47. The predicted octanol–water partition coefficient (Wildman–Crippen LogP) is 5.05. The molecule has 3 aromatic carbocycles. The lowest BCUT2D eigenvalue weighted by atomic mass is 9.91. The fraction of sp³-hybridized carbons (Fsp3) is 0.167. The Labute approximate surface area is 246 Å². The van der Waals surface area contributed by atoms with E-state index in [2.05, 4.69) is 5.10 Å². The van der Waals surface area contributed by atoms with E-state index in [0.29, 0.717) is 36.0 Å². The van der Waals surface area contributed by atoms with Crippen LogP contribution in [-0.2, 0) is 6.54 Å². The Morgan fingerprint density at radius 1 is 1.02 bits per heavy atom. The maximum absolute atomic E-state index is 13.4. The molecule has 0 saturated carbocycles. The van der Waals surface area contributed by atoms with E-state index >= 15 is 0 Å². The quantitative estimate of drug-likeness (QED) is 0.243. The molecule has 12 heteroatoms. The van der Waals surface area contributed by atoms with Crippen LogP contribution in [0.2, 0.25) is 5.02 Å². The highest BCUT2D eigenvalue weighted by Gasteiger charge is 2.30. The van der Waals surface area contributed by atoms with Crippen LogP contribution in [0.3, 0.4) is 0 Å². The van der Waals surface area contributed by atoms with Crippen molar-refractivity contribution in [2.24, 2.45) is 5.73 Å². The number of nitrogens with zero attached hydrogens (tertiary/aromatic N) is 3. The Balaban J connectivity index is 1.35. The first-order chi connectivity index (χ1) is 20.2. The average Bonchev–Trinajstić information content (AvgIpc) is 3.36. The number of rotatable bonds is 8. The molecule has 1 unspecified atom stereocenters. The molecule has 1 aliphatic rings. The van der Waals surface area contributed by atoms with Crippen LogP contribution < -0.4 is 26.7 Å². The minimum atomic E-state index is -0.649.